The molecule has 2 aromatic carbocycles. The smallest absolute Gasteiger partial charge is 0.255 e. The molecule has 0 unspecified atom stereocenters. The van der Waals surface area contributed by atoms with Crippen LogP contribution in [0.15, 0.2) is 48.5 Å². The lowest BCUT2D eigenvalue weighted by Crippen LogP contribution is -2.29. The van der Waals surface area contributed by atoms with Gasteiger partial charge in [-0.3, -0.25) is 4.79 Å². The molecule has 102 valence electrons. The maximum Gasteiger partial charge on any atom is 0.255 e. The summed E-state index contributed by atoms with van der Waals surface area (Å²) in [7, 11) is 1.63. The van der Waals surface area contributed by atoms with Crippen molar-refractivity contribution in [3.63, 3.8) is 0 Å². The van der Waals surface area contributed by atoms with Crippen LogP contribution in [-0.4, -0.2) is 19.6 Å². The minimum atomic E-state index is -0.166. The molecule has 3 rings (SSSR count). The van der Waals surface area contributed by atoms with Crippen molar-refractivity contribution in [2.75, 3.05) is 13.7 Å². The van der Waals surface area contributed by atoms with Gasteiger partial charge in [0.25, 0.3) is 5.91 Å². The van der Waals surface area contributed by atoms with Gasteiger partial charge in [-0.1, -0.05) is 24.3 Å². The fraction of sp³-hybridized carbons (Fsp3) is 0.188. The summed E-state index contributed by atoms with van der Waals surface area (Å²) in [6, 6.07) is 14.7. The Morgan fingerprint density at radius 3 is 2.65 bits per heavy atom. The van der Waals surface area contributed by atoms with E-state index in [9.17, 15) is 4.79 Å². The Bertz CT molecular complexity index is 622. The lowest BCUT2D eigenvalue weighted by molar-refractivity contribution is 0.0938. The molecule has 0 aromatic heterocycles. The summed E-state index contributed by atoms with van der Waals surface area (Å²) in [5.74, 6) is 1.30. The molecule has 0 spiro atoms. The number of ether oxygens (including phenoxy) is 2. The van der Waals surface area contributed by atoms with Gasteiger partial charge in [0.05, 0.1) is 18.7 Å². The average Bonchev–Trinajstić information content (AvgIpc) is 2.67. The summed E-state index contributed by atoms with van der Waals surface area (Å²) in [4.78, 5) is 12.2. The Kier molecular flexibility index (Phi) is 3.29. The van der Waals surface area contributed by atoms with Crippen molar-refractivity contribution in [2.45, 2.75) is 6.04 Å². The maximum absolute atomic E-state index is 12.2. The van der Waals surface area contributed by atoms with Gasteiger partial charge in [-0.05, 0) is 29.8 Å². The predicted molar refractivity (Wildman–Crippen MR) is 75.1 cm³/mol. The standard InChI is InChI=1S/C16H15NO3/c1-19-12-8-6-11(7-9-12)14-10-20-15-5-3-2-4-13(15)16(18)17-14/h2-9,14H,10H2,1H3,(H,17,18)/t14-/m1/s1. The molecule has 4 heteroatoms. The molecule has 0 saturated carbocycles. The molecule has 0 fully saturated rings. The van der Waals surface area contributed by atoms with Crippen LogP contribution in [0.3, 0.4) is 0 Å². The number of hydrogen-bond acceptors (Lipinski definition) is 3. The molecule has 0 radical (unpaired) electrons. The summed E-state index contributed by atoms with van der Waals surface area (Å²) >= 11 is 0. The molecule has 1 amide bonds. The number of para-hydroxylation sites is 1. The van der Waals surface area contributed by atoms with E-state index in [2.05, 4.69) is 5.32 Å². The van der Waals surface area contributed by atoms with Crippen LogP contribution in [-0.2, 0) is 0 Å². The van der Waals surface area contributed by atoms with Crippen molar-refractivity contribution in [3.05, 3.63) is 59.7 Å². The van der Waals surface area contributed by atoms with Crippen molar-refractivity contribution in [1.29, 1.82) is 0 Å². The van der Waals surface area contributed by atoms with Crippen molar-refractivity contribution in [1.82, 2.24) is 5.32 Å². The molecular formula is C16H15NO3. The molecule has 2 aromatic rings. The van der Waals surface area contributed by atoms with Crippen LogP contribution in [0.4, 0.5) is 0 Å². The first-order chi connectivity index (χ1) is 9.78. The van der Waals surface area contributed by atoms with Gasteiger partial charge in [0.1, 0.15) is 18.1 Å². The number of rotatable bonds is 2. The van der Waals surface area contributed by atoms with Gasteiger partial charge in [-0.15, -0.1) is 0 Å². The maximum atomic E-state index is 12.2. The van der Waals surface area contributed by atoms with E-state index in [0.29, 0.717) is 17.9 Å². The van der Waals surface area contributed by atoms with Crippen LogP contribution >= 0.6 is 0 Å². The summed E-state index contributed by atoms with van der Waals surface area (Å²) in [5, 5.41) is 2.98. The monoisotopic (exact) mass is 269 g/mol. The number of fused-ring (bicyclic) bond motifs is 1. The average molecular weight is 269 g/mol. The third-order valence-corrected chi connectivity index (χ3v) is 3.36. The molecule has 1 heterocycles. The van der Waals surface area contributed by atoms with Gasteiger partial charge < -0.3 is 14.8 Å². The first kappa shape index (κ1) is 12.5. The second-order valence-corrected chi connectivity index (χ2v) is 4.61. The number of benzene rings is 2. The van der Waals surface area contributed by atoms with E-state index in [4.69, 9.17) is 9.47 Å². The second kappa shape index (κ2) is 5.25. The van der Waals surface area contributed by atoms with Crippen LogP contribution < -0.4 is 14.8 Å². The van der Waals surface area contributed by atoms with Crippen molar-refractivity contribution in [2.24, 2.45) is 0 Å². The van der Waals surface area contributed by atoms with Crippen molar-refractivity contribution < 1.29 is 14.3 Å². The van der Waals surface area contributed by atoms with E-state index in [-0.39, 0.29) is 11.9 Å². The molecule has 1 atom stereocenters. The molecule has 1 N–H and O–H groups in total. The van der Waals surface area contributed by atoms with Gasteiger partial charge in [-0.25, -0.2) is 0 Å². The number of methoxy groups -OCH3 is 1. The largest absolute Gasteiger partial charge is 0.497 e. The topological polar surface area (TPSA) is 47.6 Å². The molecule has 20 heavy (non-hydrogen) atoms. The predicted octanol–water partition coefficient (Wildman–Crippen LogP) is 2.56. The van der Waals surface area contributed by atoms with Crippen LogP contribution in [0.1, 0.15) is 22.0 Å². The quantitative estimate of drug-likeness (QED) is 0.911. The Balaban J connectivity index is 1.85. The SMILES string of the molecule is COc1ccc([C@H]2COc3ccccc3C(=O)N2)cc1. The van der Waals surface area contributed by atoms with Crippen LogP contribution in [0.5, 0.6) is 11.5 Å². The molecule has 0 saturated heterocycles. The number of carbonyl (C=O) groups excluding carboxylic acids is 1. The van der Waals surface area contributed by atoms with E-state index >= 15 is 0 Å². The first-order valence-corrected chi connectivity index (χ1v) is 6.44. The molecule has 0 bridgehead atoms. The number of carbonyl (C=O) groups is 1. The summed E-state index contributed by atoms with van der Waals surface area (Å²) < 4.78 is 10.9. The summed E-state index contributed by atoms with van der Waals surface area (Å²) in [6.07, 6.45) is 0. The highest BCUT2D eigenvalue weighted by Gasteiger charge is 2.23. The van der Waals surface area contributed by atoms with E-state index in [0.717, 1.165) is 11.3 Å². The molecule has 1 aliphatic heterocycles. The van der Waals surface area contributed by atoms with Crippen LogP contribution in [0.25, 0.3) is 0 Å². The minimum absolute atomic E-state index is 0.112. The molecule has 4 nitrogen and oxygen atoms in total. The molecule has 0 aliphatic carbocycles. The molecular weight excluding hydrogens is 254 g/mol. The zero-order chi connectivity index (χ0) is 13.9. The third kappa shape index (κ3) is 2.32. The van der Waals surface area contributed by atoms with Crippen molar-refractivity contribution in [3.8, 4) is 11.5 Å². The van der Waals surface area contributed by atoms with Gasteiger partial charge in [0.15, 0.2) is 0 Å². The Hall–Kier alpha value is -2.49. The lowest BCUT2D eigenvalue weighted by atomic mass is 10.1. The number of amides is 1. The second-order valence-electron chi connectivity index (χ2n) is 4.61. The van der Waals surface area contributed by atoms with E-state index in [1.807, 2.05) is 42.5 Å². The fourth-order valence-electron chi connectivity index (χ4n) is 2.25. The summed E-state index contributed by atoms with van der Waals surface area (Å²) in [5.41, 5.74) is 1.57. The van der Waals surface area contributed by atoms with E-state index in [1.165, 1.54) is 0 Å². The third-order valence-electron chi connectivity index (χ3n) is 3.36. The zero-order valence-corrected chi connectivity index (χ0v) is 11.1. The highest BCUT2D eigenvalue weighted by atomic mass is 16.5. The molecule has 1 aliphatic rings. The minimum Gasteiger partial charge on any atom is -0.497 e. The van der Waals surface area contributed by atoms with Crippen molar-refractivity contribution >= 4 is 5.91 Å². The highest BCUT2D eigenvalue weighted by Crippen LogP contribution is 2.25. The van der Waals surface area contributed by atoms with E-state index < -0.39 is 0 Å². The highest BCUT2D eigenvalue weighted by molar-refractivity contribution is 5.97. The van der Waals surface area contributed by atoms with Gasteiger partial charge in [-0.2, -0.15) is 0 Å². The lowest BCUT2D eigenvalue weighted by Gasteiger charge is -2.16. The van der Waals surface area contributed by atoms with Gasteiger partial charge in [0.2, 0.25) is 0 Å². The Morgan fingerprint density at radius 1 is 1.15 bits per heavy atom. The normalized spacial score (nSPS) is 17.4. The summed E-state index contributed by atoms with van der Waals surface area (Å²) in [6.45, 7) is 0.412. The van der Waals surface area contributed by atoms with Crippen LogP contribution in [0.2, 0.25) is 0 Å². The Morgan fingerprint density at radius 2 is 1.90 bits per heavy atom. The fourth-order valence-corrected chi connectivity index (χ4v) is 2.25. The van der Waals surface area contributed by atoms with Gasteiger partial charge in [0, 0.05) is 0 Å². The Labute approximate surface area is 117 Å². The number of nitrogens with one attached hydrogen (secondary N) is 1. The van der Waals surface area contributed by atoms with E-state index in [1.54, 1.807) is 13.2 Å². The zero-order valence-electron chi connectivity index (χ0n) is 11.1. The van der Waals surface area contributed by atoms with Gasteiger partial charge >= 0.3 is 0 Å². The number of hydrogen-bond donors (Lipinski definition) is 1. The first-order valence-electron chi connectivity index (χ1n) is 6.44. The van der Waals surface area contributed by atoms with Crippen LogP contribution in [0, 0.1) is 0 Å².